The molecule has 0 aliphatic rings. The molecule has 0 radical (unpaired) electrons. The monoisotopic (exact) mass is 242 g/mol. The van der Waals surface area contributed by atoms with E-state index in [1.165, 1.54) is 0 Å². The lowest BCUT2D eigenvalue weighted by Crippen LogP contribution is -2.14. The van der Waals surface area contributed by atoms with Gasteiger partial charge in [-0.2, -0.15) is 0 Å². The van der Waals surface area contributed by atoms with Crippen molar-refractivity contribution in [3.63, 3.8) is 0 Å². The third-order valence-electron chi connectivity index (χ3n) is 2.98. The maximum absolute atomic E-state index is 11.9. The van der Waals surface area contributed by atoms with Gasteiger partial charge in [0.1, 0.15) is 0 Å². The SMILES string of the molecule is C[C@@H](CC(=O)c1ccc2ccccc2c1)C(=O)O. The zero-order chi connectivity index (χ0) is 13.1. The largest absolute Gasteiger partial charge is 0.481 e. The van der Waals surface area contributed by atoms with Crippen LogP contribution in [0.4, 0.5) is 0 Å². The van der Waals surface area contributed by atoms with E-state index >= 15 is 0 Å². The van der Waals surface area contributed by atoms with E-state index < -0.39 is 11.9 Å². The number of fused-ring (bicyclic) bond motifs is 1. The minimum Gasteiger partial charge on any atom is -0.481 e. The number of ketones is 1. The minimum absolute atomic E-state index is 0.0354. The number of carboxylic acid groups (broad SMARTS) is 1. The zero-order valence-corrected chi connectivity index (χ0v) is 10.1. The third kappa shape index (κ3) is 2.56. The summed E-state index contributed by atoms with van der Waals surface area (Å²) in [6.07, 6.45) is 0.0354. The Balaban J connectivity index is 2.25. The highest BCUT2D eigenvalue weighted by Crippen LogP contribution is 2.18. The molecule has 92 valence electrons. The highest BCUT2D eigenvalue weighted by Gasteiger charge is 2.17. The summed E-state index contributed by atoms with van der Waals surface area (Å²) in [6.45, 7) is 1.54. The number of carboxylic acids is 1. The van der Waals surface area contributed by atoms with Gasteiger partial charge in [-0.3, -0.25) is 9.59 Å². The van der Waals surface area contributed by atoms with Crippen molar-refractivity contribution in [2.75, 3.05) is 0 Å². The van der Waals surface area contributed by atoms with Crippen LogP contribution in [0.15, 0.2) is 42.5 Å². The van der Waals surface area contributed by atoms with Crippen LogP contribution in [0.3, 0.4) is 0 Å². The maximum Gasteiger partial charge on any atom is 0.306 e. The Kier molecular flexibility index (Phi) is 3.42. The third-order valence-corrected chi connectivity index (χ3v) is 2.98. The summed E-state index contributed by atoms with van der Waals surface area (Å²) in [5.74, 6) is -1.72. The molecule has 0 unspecified atom stereocenters. The number of carbonyl (C=O) groups excluding carboxylic acids is 1. The Morgan fingerprint density at radius 2 is 1.78 bits per heavy atom. The molecule has 0 aliphatic heterocycles. The molecule has 0 bridgehead atoms. The minimum atomic E-state index is -0.941. The molecule has 1 N–H and O–H groups in total. The normalized spacial score (nSPS) is 12.3. The van der Waals surface area contributed by atoms with Gasteiger partial charge in [-0.25, -0.2) is 0 Å². The Hall–Kier alpha value is -2.16. The number of hydrogen-bond acceptors (Lipinski definition) is 2. The van der Waals surface area contributed by atoms with Crippen LogP contribution in [0, 0.1) is 5.92 Å². The van der Waals surface area contributed by atoms with Crippen molar-refractivity contribution in [2.45, 2.75) is 13.3 Å². The van der Waals surface area contributed by atoms with Crippen molar-refractivity contribution in [3.05, 3.63) is 48.0 Å². The summed E-state index contributed by atoms with van der Waals surface area (Å²) in [5.41, 5.74) is 0.571. The van der Waals surface area contributed by atoms with Crippen LogP contribution >= 0.6 is 0 Å². The first-order valence-electron chi connectivity index (χ1n) is 5.83. The van der Waals surface area contributed by atoms with E-state index in [1.807, 2.05) is 36.4 Å². The molecule has 0 aromatic heterocycles. The molecule has 0 fully saturated rings. The number of rotatable bonds is 4. The first kappa shape index (κ1) is 12.3. The van der Waals surface area contributed by atoms with Crippen molar-refractivity contribution in [1.82, 2.24) is 0 Å². The van der Waals surface area contributed by atoms with E-state index in [9.17, 15) is 9.59 Å². The van der Waals surface area contributed by atoms with Gasteiger partial charge >= 0.3 is 5.97 Å². The molecule has 0 spiro atoms. The van der Waals surface area contributed by atoms with E-state index in [1.54, 1.807) is 13.0 Å². The number of hydrogen-bond donors (Lipinski definition) is 1. The van der Waals surface area contributed by atoms with Crippen LogP contribution < -0.4 is 0 Å². The predicted molar refractivity (Wildman–Crippen MR) is 69.7 cm³/mol. The fourth-order valence-electron chi connectivity index (χ4n) is 1.85. The van der Waals surface area contributed by atoms with E-state index in [2.05, 4.69) is 0 Å². The molecule has 3 nitrogen and oxygen atoms in total. The van der Waals surface area contributed by atoms with Gasteiger partial charge in [0.15, 0.2) is 5.78 Å². The highest BCUT2D eigenvalue weighted by atomic mass is 16.4. The molecule has 0 heterocycles. The standard InChI is InChI=1S/C15H14O3/c1-10(15(17)18)8-14(16)13-7-6-11-4-2-3-5-12(11)9-13/h2-7,9-10H,8H2,1H3,(H,17,18)/t10-/m0/s1. The first-order valence-corrected chi connectivity index (χ1v) is 5.83. The molecule has 0 amide bonds. The molecule has 2 rings (SSSR count). The van der Waals surface area contributed by atoms with Gasteiger partial charge < -0.3 is 5.11 Å². The second kappa shape index (κ2) is 5.00. The molecule has 0 saturated carbocycles. The molecule has 2 aromatic rings. The van der Waals surface area contributed by atoms with Crippen molar-refractivity contribution in [3.8, 4) is 0 Å². The van der Waals surface area contributed by atoms with E-state index in [-0.39, 0.29) is 12.2 Å². The van der Waals surface area contributed by atoms with Crippen LogP contribution in [0.5, 0.6) is 0 Å². The van der Waals surface area contributed by atoms with Gasteiger partial charge in [0.25, 0.3) is 0 Å². The van der Waals surface area contributed by atoms with Crippen LogP contribution in [-0.2, 0) is 4.79 Å². The number of benzene rings is 2. The summed E-state index contributed by atoms with van der Waals surface area (Å²) in [6, 6.07) is 13.2. The van der Waals surface area contributed by atoms with Crippen molar-refractivity contribution < 1.29 is 14.7 Å². The second-order valence-electron chi connectivity index (χ2n) is 4.43. The van der Waals surface area contributed by atoms with Crippen molar-refractivity contribution in [1.29, 1.82) is 0 Å². The first-order chi connectivity index (χ1) is 8.58. The fraction of sp³-hybridized carbons (Fsp3) is 0.200. The fourth-order valence-corrected chi connectivity index (χ4v) is 1.85. The molecule has 1 atom stereocenters. The van der Waals surface area contributed by atoms with Gasteiger partial charge in [0, 0.05) is 12.0 Å². The smallest absolute Gasteiger partial charge is 0.306 e. The molecule has 0 aliphatic carbocycles. The number of Topliss-reactive ketones (excluding diaryl/α,β-unsaturated/α-hetero) is 1. The Morgan fingerprint density at radius 3 is 2.44 bits per heavy atom. The number of carbonyl (C=O) groups is 2. The quantitative estimate of drug-likeness (QED) is 0.838. The Bertz CT molecular complexity index is 601. The zero-order valence-electron chi connectivity index (χ0n) is 10.1. The topological polar surface area (TPSA) is 54.4 Å². The molecule has 0 saturated heterocycles. The van der Waals surface area contributed by atoms with Crippen LogP contribution in [0.2, 0.25) is 0 Å². The van der Waals surface area contributed by atoms with E-state index in [4.69, 9.17) is 5.11 Å². The van der Waals surface area contributed by atoms with Gasteiger partial charge in [-0.05, 0) is 16.8 Å². The Labute approximate surface area is 105 Å². The molecule has 3 heteroatoms. The van der Waals surface area contributed by atoms with Gasteiger partial charge in [-0.15, -0.1) is 0 Å². The molecule has 18 heavy (non-hydrogen) atoms. The average Bonchev–Trinajstić information content (AvgIpc) is 2.37. The lowest BCUT2D eigenvalue weighted by molar-refractivity contribution is -0.141. The van der Waals surface area contributed by atoms with Crippen LogP contribution in [0.25, 0.3) is 10.8 Å². The predicted octanol–water partition coefficient (Wildman–Crippen LogP) is 3.13. The second-order valence-corrected chi connectivity index (χ2v) is 4.43. The summed E-state index contributed by atoms with van der Waals surface area (Å²) in [7, 11) is 0. The Morgan fingerprint density at radius 1 is 1.11 bits per heavy atom. The van der Waals surface area contributed by atoms with Gasteiger partial charge in [-0.1, -0.05) is 43.3 Å². The van der Waals surface area contributed by atoms with Crippen molar-refractivity contribution >= 4 is 22.5 Å². The summed E-state index contributed by atoms with van der Waals surface area (Å²) in [4.78, 5) is 22.7. The summed E-state index contributed by atoms with van der Waals surface area (Å²) >= 11 is 0. The van der Waals surface area contributed by atoms with Gasteiger partial charge in [0.05, 0.1) is 5.92 Å². The highest BCUT2D eigenvalue weighted by molar-refractivity contribution is 6.01. The lowest BCUT2D eigenvalue weighted by atomic mass is 9.98. The molecular formula is C15H14O3. The number of aliphatic carboxylic acids is 1. The van der Waals surface area contributed by atoms with Crippen molar-refractivity contribution in [2.24, 2.45) is 5.92 Å². The lowest BCUT2D eigenvalue weighted by Gasteiger charge is -2.06. The maximum atomic E-state index is 11.9. The summed E-state index contributed by atoms with van der Waals surface area (Å²) in [5, 5.41) is 10.9. The average molecular weight is 242 g/mol. The summed E-state index contributed by atoms with van der Waals surface area (Å²) < 4.78 is 0. The van der Waals surface area contributed by atoms with E-state index in [0.29, 0.717) is 5.56 Å². The van der Waals surface area contributed by atoms with Gasteiger partial charge in [0.2, 0.25) is 0 Å². The van der Waals surface area contributed by atoms with Crippen LogP contribution in [-0.4, -0.2) is 16.9 Å². The molecule has 2 aromatic carbocycles. The molecular weight excluding hydrogens is 228 g/mol. The van der Waals surface area contributed by atoms with E-state index in [0.717, 1.165) is 10.8 Å². The van der Waals surface area contributed by atoms with Crippen LogP contribution in [0.1, 0.15) is 23.7 Å².